The van der Waals surface area contributed by atoms with Gasteiger partial charge in [-0.25, -0.2) is 0 Å². The number of nitrogens with two attached hydrogens (primary N) is 1. The summed E-state index contributed by atoms with van der Waals surface area (Å²) < 4.78 is 0. The molecule has 0 heterocycles. The Morgan fingerprint density at radius 1 is 1.22 bits per heavy atom. The smallest absolute Gasteiger partial charge is 0.220 e. The van der Waals surface area contributed by atoms with Crippen LogP contribution in [0.15, 0.2) is 0 Å². The van der Waals surface area contributed by atoms with E-state index in [0.29, 0.717) is 12.5 Å². The van der Waals surface area contributed by atoms with Crippen molar-refractivity contribution >= 4 is 5.91 Å². The van der Waals surface area contributed by atoms with Gasteiger partial charge >= 0.3 is 0 Å². The lowest BCUT2D eigenvalue weighted by atomic mass is 9.93. The molecule has 6 N–H and O–H groups in total. The maximum atomic E-state index is 11.8. The van der Waals surface area contributed by atoms with E-state index < -0.39 is 25.4 Å². The Labute approximate surface area is 108 Å². The highest BCUT2D eigenvalue weighted by Crippen LogP contribution is 2.15. The normalized spacial score (nSPS) is 13.7. The number of aliphatic hydroxyl groups excluding tert-OH is 3. The van der Waals surface area contributed by atoms with E-state index in [9.17, 15) is 4.79 Å². The molecule has 0 bridgehead atoms. The van der Waals surface area contributed by atoms with Crippen molar-refractivity contribution in [3.05, 3.63) is 0 Å². The van der Waals surface area contributed by atoms with Gasteiger partial charge in [-0.3, -0.25) is 4.79 Å². The van der Waals surface area contributed by atoms with Gasteiger partial charge in [0.1, 0.15) is 5.54 Å². The van der Waals surface area contributed by atoms with Crippen LogP contribution in [0.2, 0.25) is 0 Å². The minimum Gasteiger partial charge on any atom is -0.394 e. The van der Waals surface area contributed by atoms with Gasteiger partial charge < -0.3 is 26.4 Å². The van der Waals surface area contributed by atoms with Crippen molar-refractivity contribution in [2.24, 2.45) is 17.6 Å². The van der Waals surface area contributed by atoms with Crippen LogP contribution in [0, 0.1) is 11.8 Å². The molecule has 108 valence electrons. The lowest BCUT2D eigenvalue weighted by Crippen LogP contribution is -2.57. The van der Waals surface area contributed by atoms with Crippen molar-refractivity contribution in [3.63, 3.8) is 0 Å². The summed E-state index contributed by atoms with van der Waals surface area (Å²) in [5.41, 5.74) is 4.25. The first-order valence-corrected chi connectivity index (χ1v) is 6.26. The predicted octanol–water partition coefficient (Wildman–Crippen LogP) is -1.17. The van der Waals surface area contributed by atoms with Gasteiger partial charge in [0.25, 0.3) is 0 Å². The van der Waals surface area contributed by atoms with Crippen LogP contribution in [0.4, 0.5) is 0 Å². The van der Waals surface area contributed by atoms with E-state index in [4.69, 9.17) is 21.1 Å². The maximum Gasteiger partial charge on any atom is 0.220 e. The van der Waals surface area contributed by atoms with Crippen molar-refractivity contribution in [2.45, 2.75) is 32.2 Å². The quantitative estimate of drug-likeness (QED) is 0.359. The molecule has 0 aliphatic heterocycles. The first-order chi connectivity index (χ1) is 8.42. The summed E-state index contributed by atoms with van der Waals surface area (Å²) in [5, 5.41) is 29.8. The Hall–Kier alpha value is -0.690. The summed E-state index contributed by atoms with van der Waals surface area (Å²) in [7, 11) is 0. The summed E-state index contributed by atoms with van der Waals surface area (Å²) in [4.78, 5) is 11.8. The molecular weight excluding hydrogens is 236 g/mol. The molecule has 0 aromatic carbocycles. The van der Waals surface area contributed by atoms with E-state index in [1.165, 1.54) is 0 Å². The number of amides is 1. The van der Waals surface area contributed by atoms with Gasteiger partial charge in [0, 0.05) is 6.42 Å². The monoisotopic (exact) mass is 262 g/mol. The van der Waals surface area contributed by atoms with E-state index in [-0.39, 0.29) is 18.2 Å². The zero-order valence-corrected chi connectivity index (χ0v) is 11.2. The molecule has 0 aliphatic carbocycles. The molecular formula is C12H26N2O4. The van der Waals surface area contributed by atoms with Crippen LogP contribution in [0.1, 0.15) is 26.7 Å². The van der Waals surface area contributed by atoms with E-state index in [1.807, 2.05) is 0 Å². The number of nitrogens with one attached hydrogen (secondary N) is 1. The Morgan fingerprint density at radius 3 is 2.06 bits per heavy atom. The fraction of sp³-hybridized carbons (Fsp3) is 0.917. The third-order valence-corrected chi connectivity index (χ3v) is 2.92. The summed E-state index contributed by atoms with van der Waals surface area (Å²) in [6.45, 7) is 2.99. The average molecular weight is 262 g/mol. The lowest BCUT2D eigenvalue weighted by Gasteiger charge is -2.29. The molecule has 0 spiro atoms. The number of carbonyl (C=O) groups is 1. The van der Waals surface area contributed by atoms with Gasteiger partial charge in [0.05, 0.1) is 19.8 Å². The van der Waals surface area contributed by atoms with E-state index in [1.54, 1.807) is 0 Å². The minimum absolute atomic E-state index is 0.0683. The molecule has 0 aliphatic rings. The lowest BCUT2D eigenvalue weighted by molar-refractivity contribution is -0.126. The van der Waals surface area contributed by atoms with Crippen LogP contribution in [-0.4, -0.2) is 53.1 Å². The van der Waals surface area contributed by atoms with Crippen molar-refractivity contribution < 1.29 is 20.1 Å². The Morgan fingerprint density at radius 2 is 1.72 bits per heavy atom. The molecule has 18 heavy (non-hydrogen) atoms. The van der Waals surface area contributed by atoms with Crippen LogP contribution in [0.3, 0.4) is 0 Å². The highest BCUT2D eigenvalue weighted by molar-refractivity contribution is 5.77. The van der Waals surface area contributed by atoms with Crippen LogP contribution >= 0.6 is 0 Å². The highest BCUT2D eigenvalue weighted by atomic mass is 16.3. The second kappa shape index (κ2) is 8.42. The van der Waals surface area contributed by atoms with Gasteiger partial charge in [-0.05, 0) is 24.8 Å². The van der Waals surface area contributed by atoms with Crippen LogP contribution in [0.25, 0.3) is 0 Å². The molecule has 6 nitrogen and oxygen atoms in total. The SMILES string of the molecule is CC(C)C[C@H](CN)CC(=O)NC(CO)(CO)CO. The molecule has 6 heteroatoms. The number of hydrogen-bond donors (Lipinski definition) is 5. The van der Waals surface area contributed by atoms with Crippen molar-refractivity contribution in [3.8, 4) is 0 Å². The second-order valence-electron chi connectivity index (χ2n) is 5.24. The van der Waals surface area contributed by atoms with Gasteiger partial charge in [0.2, 0.25) is 5.91 Å². The van der Waals surface area contributed by atoms with E-state index in [0.717, 1.165) is 6.42 Å². The minimum atomic E-state index is -1.35. The third kappa shape index (κ3) is 5.77. The van der Waals surface area contributed by atoms with E-state index in [2.05, 4.69) is 19.2 Å². The number of aliphatic hydroxyl groups is 3. The fourth-order valence-corrected chi connectivity index (χ4v) is 1.81. The Balaban J connectivity index is 4.38. The van der Waals surface area contributed by atoms with Crippen molar-refractivity contribution in [2.75, 3.05) is 26.4 Å². The third-order valence-electron chi connectivity index (χ3n) is 2.92. The van der Waals surface area contributed by atoms with Crippen molar-refractivity contribution in [1.82, 2.24) is 5.32 Å². The fourth-order valence-electron chi connectivity index (χ4n) is 1.81. The molecule has 0 saturated heterocycles. The summed E-state index contributed by atoms with van der Waals surface area (Å²) >= 11 is 0. The van der Waals surface area contributed by atoms with Crippen LogP contribution in [0.5, 0.6) is 0 Å². The molecule has 1 amide bonds. The zero-order valence-electron chi connectivity index (χ0n) is 11.2. The first kappa shape index (κ1) is 17.3. The summed E-state index contributed by atoms with van der Waals surface area (Å²) in [6.07, 6.45) is 1.07. The van der Waals surface area contributed by atoms with Gasteiger partial charge in [-0.1, -0.05) is 13.8 Å². The topological polar surface area (TPSA) is 116 Å². The maximum absolute atomic E-state index is 11.8. The standard InChI is InChI=1S/C12H26N2O4/c1-9(2)3-10(5-13)4-11(18)14-12(6-15,7-16)8-17/h9-10,15-17H,3-8,13H2,1-2H3,(H,14,18)/t10-/m0/s1. The molecule has 0 saturated carbocycles. The molecule has 0 aromatic rings. The molecule has 0 unspecified atom stereocenters. The van der Waals surface area contributed by atoms with Gasteiger partial charge in [0.15, 0.2) is 0 Å². The van der Waals surface area contributed by atoms with Crippen molar-refractivity contribution in [1.29, 1.82) is 0 Å². The zero-order chi connectivity index (χ0) is 14.2. The summed E-state index contributed by atoms with van der Waals surface area (Å²) in [6, 6.07) is 0. The van der Waals surface area contributed by atoms with Crippen LogP contribution in [-0.2, 0) is 4.79 Å². The van der Waals surface area contributed by atoms with Crippen LogP contribution < -0.4 is 11.1 Å². The Bertz CT molecular complexity index is 234. The largest absolute Gasteiger partial charge is 0.394 e. The molecule has 0 radical (unpaired) electrons. The van der Waals surface area contributed by atoms with Gasteiger partial charge in [-0.2, -0.15) is 0 Å². The second-order valence-corrected chi connectivity index (χ2v) is 5.24. The molecule has 1 atom stereocenters. The number of hydrogen-bond acceptors (Lipinski definition) is 5. The number of rotatable bonds is 9. The average Bonchev–Trinajstić information content (AvgIpc) is 2.34. The molecule has 0 aromatic heterocycles. The summed E-state index contributed by atoms with van der Waals surface area (Å²) in [5.74, 6) is 0.201. The predicted molar refractivity (Wildman–Crippen MR) is 68.7 cm³/mol. The highest BCUT2D eigenvalue weighted by Gasteiger charge is 2.30. The molecule has 0 rings (SSSR count). The Kier molecular flexibility index (Phi) is 8.10. The van der Waals surface area contributed by atoms with E-state index >= 15 is 0 Å². The first-order valence-electron chi connectivity index (χ1n) is 6.26. The van der Waals surface area contributed by atoms with Gasteiger partial charge in [-0.15, -0.1) is 0 Å². The number of carbonyl (C=O) groups excluding carboxylic acids is 1. The molecule has 0 fully saturated rings.